The van der Waals surface area contributed by atoms with Crippen LogP contribution in [0.2, 0.25) is 0 Å². The third kappa shape index (κ3) is 4.95. The molecule has 6 nitrogen and oxygen atoms in total. The topological polar surface area (TPSA) is 84.9 Å². The lowest BCUT2D eigenvalue weighted by molar-refractivity contribution is -0.144. The molecule has 0 aromatic heterocycles. The van der Waals surface area contributed by atoms with Gasteiger partial charge in [-0.05, 0) is 50.3 Å². The molecule has 1 saturated carbocycles. The molecule has 2 unspecified atom stereocenters. The average molecular weight is 349 g/mol. The molecule has 1 aliphatic carbocycles. The van der Waals surface area contributed by atoms with Crippen LogP contribution in [0.1, 0.15) is 44.3 Å². The second-order valence-electron chi connectivity index (χ2n) is 6.61. The van der Waals surface area contributed by atoms with Gasteiger partial charge in [-0.2, -0.15) is 0 Å². The fraction of sp³-hybridized carbons (Fsp3) is 0.579. The molecule has 1 aromatic carbocycles. The molecule has 0 aliphatic heterocycles. The number of hydrogen-bond donors (Lipinski definition) is 2. The lowest BCUT2D eigenvalue weighted by atomic mass is 9.81. The quantitative estimate of drug-likeness (QED) is 0.791. The molecular formula is C19H27NO5. The van der Waals surface area contributed by atoms with Gasteiger partial charge >= 0.3 is 5.97 Å². The van der Waals surface area contributed by atoms with Crippen LogP contribution in [0.5, 0.6) is 5.75 Å². The predicted molar refractivity (Wildman–Crippen MR) is 93.4 cm³/mol. The molecule has 2 atom stereocenters. The number of nitrogens with one attached hydrogen (secondary N) is 1. The number of rotatable bonds is 7. The van der Waals surface area contributed by atoms with Gasteiger partial charge in [0.1, 0.15) is 11.9 Å². The zero-order valence-corrected chi connectivity index (χ0v) is 15.0. The standard InChI is InChI=1S/C19H27NO5/c1-12(17(25-3)13-8-10-16(24-2)11-9-13)20-18(21)14-4-6-15(7-5-14)19(22)23/h8-12,14-15,17H,4-7H2,1-3H3,(H,20,21)(H,22,23). The van der Waals surface area contributed by atoms with Gasteiger partial charge in [-0.1, -0.05) is 12.1 Å². The molecule has 1 fully saturated rings. The van der Waals surface area contributed by atoms with Crippen molar-refractivity contribution >= 4 is 11.9 Å². The summed E-state index contributed by atoms with van der Waals surface area (Å²) < 4.78 is 10.7. The third-order valence-corrected chi connectivity index (χ3v) is 4.97. The fourth-order valence-electron chi connectivity index (χ4n) is 3.44. The molecule has 25 heavy (non-hydrogen) atoms. The molecule has 2 N–H and O–H groups in total. The van der Waals surface area contributed by atoms with E-state index in [9.17, 15) is 9.59 Å². The van der Waals surface area contributed by atoms with Gasteiger partial charge in [0.2, 0.25) is 5.91 Å². The van der Waals surface area contributed by atoms with Gasteiger partial charge in [-0.15, -0.1) is 0 Å². The van der Waals surface area contributed by atoms with Crippen LogP contribution in [0.25, 0.3) is 0 Å². The van der Waals surface area contributed by atoms with Gasteiger partial charge in [-0.25, -0.2) is 0 Å². The minimum Gasteiger partial charge on any atom is -0.497 e. The SMILES string of the molecule is COc1ccc(C(OC)C(C)NC(=O)C2CCC(C(=O)O)CC2)cc1. The van der Waals surface area contributed by atoms with E-state index in [0.717, 1.165) is 11.3 Å². The largest absolute Gasteiger partial charge is 0.497 e. The molecular weight excluding hydrogens is 322 g/mol. The van der Waals surface area contributed by atoms with Crippen molar-refractivity contribution in [1.29, 1.82) is 0 Å². The highest BCUT2D eigenvalue weighted by Gasteiger charge is 2.31. The lowest BCUT2D eigenvalue weighted by Gasteiger charge is -2.29. The normalized spacial score (nSPS) is 22.7. The summed E-state index contributed by atoms with van der Waals surface area (Å²) in [6.07, 6.45) is 2.11. The molecule has 138 valence electrons. The summed E-state index contributed by atoms with van der Waals surface area (Å²) in [5, 5.41) is 12.1. The number of carbonyl (C=O) groups is 2. The molecule has 0 radical (unpaired) electrons. The Kier molecular flexibility index (Phi) is 6.82. The highest BCUT2D eigenvalue weighted by Crippen LogP contribution is 2.30. The number of aliphatic carboxylic acids is 1. The van der Waals surface area contributed by atoms with Crippen molar-refractivity contribution in [2.45, 2.75) is 44.8 Å². The van der Waals surface area contributed by atoms with Crippen LogP contribution in [-0.4, -0.2) is 37.2 Å². The number of methoxy groups -OCH3 is 2. The van der Waals surface area contributed by atoms with Crippen molar-refractivity contribution in [1.82, 2.24) is 5.32 Å². The number of amides is 1. The van der Waals surface area contributed by atoms with Crippen LogP contribution < -0.4 is 10.1 Å². The highest BCUT2D eigenvalue weighted by atomic mass is 16.5. The summed E-state index contributed by atoms with van der Waals surface area (Å²) in [5.41, 5.74) is 0.964. The number of ether oxygens (including phenoxy) is 2. The molecule has 0 heterocycles. The van der Waals surface area contributed by atoms with E-state index in [4.69, 9.17) is 14.6 Å². The van der Waals surface area contributed by atoms with Gasteiger partial charge in [0.05, 0.1) is 19.1 Å². The molecule has 1 aromatic rings. The van der Waals surface area contributed by atoms with E-state index in [1.165, 1.54) is 0 Å². The third-order valence-electron chi connectivity index (χ3n) is 4.97. The summed E-state index contributed by atoms with van der Waals surface area (Å²) in [6.45, 7) is 1.92. The zero-order valence-electron chi connectivity index (χ0n) is 15.0. The number of benzene rings is 1. The lowest BCUT2D eigenvalue weighted by Crippen LogP contribution is -2.42. The molecule has 2 rings (SSSR count). The number of carboxylic acid groups (broad SMARTS) is 1. The van der Waals surface area contributed by atoms with E-state index in [1.807, 2.05) is 31.2 Å². The van der Waals surface area contributed by atoms with E-state index < -0.39 is 5.97 Å². The molecule has 0 saturated heterocycles. The van der Waals surface area contributed by atoms with E-state index in [-0.39, 0.29) is 29.9 Å². The first kappa shape index (κ1) is 19.2. The Morgan fingerprint density at radius 3 is 2.12 bits per heavy atom. The minimum atomic E-state index is -0.758. The van der Waals surface area contributed by atoms with Crippen LogP contribution in [0.3, 0.4) is 0 Å². The molecule has 1 aliphatic rings. The Hall–Kier alpha value is -2.08. The highest BCUT2D eigenvalue weighted by molar-refractivity contribution is 5.79. The van der Waals surface area contributed by atoms with Crippen molar-refractivity contribution in [3.63, 3.8) is 0 Å². The van der Waals surface area contributed by atoms with E-state index in [1.54, 1.807) is 14.2 Å². The number of carboxylic acids is 1. The second-order valence-corrected chi connectivity index (χ2v) is 6.61. The minimum absolute atomic E-state index is 0.0214. The predicted octanol–water partition coefficient (Wildman–Crippen LogP) is 2.78. The first-order valence-corrected chi connectivity index (χ1v) is 8.66. The van der Waals surface area contributed by atoms with Crippen molar-refractivity contribution in [3.8, 4) is 5.75 Å². The number of hydrogen-bond acceptors (Lipinski definition) is 4. The van der Waals surface area contributed by atoms with Crippen LogP contribution >= 0.6 is 0 Å². The van der Waals surface area contributed by atoms with Crippen molar-refractivity contribution in [2.75, 3.05) is 14.2 Å². The van der Waals surface area contributed by atoms with Crippen LogP contribution in [0, 0.1) is 11.8 Å². The molecule has 0 bridgehead atoms. The van der Waals surface area contributed by atoms with Crippen LogP contribution in [0.4, 0.5) is 0 Å². The molecule has 1 amide bonds. The maximum absolute atomic E-state index is 12.5. The molecule has 0 spiro atoms. The fourth-order valence-corrected chi connectivity index (χ4v) is 3.44. The summed E-state index contributed by atoms with van der Waals surface area (Å²) in [6, 6.07) is 7.39. The summed E-state index contributed by atoms with van der Waals surface area (Å²) >= 11 is 0. The molecule has 6 heteroatoms. The summed E-state index contributed by atoms with van der Waals surface area (Å²) in [5.74, 6) is -0.442. The smallest absolute Gasteiger partial charge is 0.306 e. The monoisotopic (exact) mass is 349 g/mol. The second kappa shape index (κ2) is 8.85. The maximum Gasteiger partial charge on any atom is 0.306 e. The van der Waals surface area contributed by atoms with Gasteiger partial charge < -0.3 is 19.9 Å². The first-order chi connectivity index (χ1) is 12.0. The van der Waals surface area contributed by atoms with Crippen LogP contribution in [-0.2, 0) is 14.3 Å². The first-order valence-electron chi connectivity index (χ1n) is 8.66. The Balaban J connectivity index is 1.93. The van der Waals surface area contributed by atoms with Gasteiger partial charge in [0.25, 0.3) is 0 Å². The van der Waals surface area contributed by atoms with Crippen molar-refractivity contribution in [2.24, 2.45) is 11.8 Å². The van der Waals surface area contributed by atoms with E-state index in [0.29, 0.717) is 25.7 Å². The van der Waals surface area contributed by atoms with Crippen LogP contribution in [0.15, 0.2) is 24.3 Å². The number of carbonyl (C=O) groups excluding carboxylic acids is 1. The van der Waals surface area contributed by atoms with Gasteiger partial charge in [-0.3, -0.25) is 9.59 Å². The summed E-state index contributed by atoms with van der Waals surface area (Å²) in [4.78, 5) is 23.5. The van der Waals surface area contributed by atoms with Gasteiger partial charge in [0.15, 0.2) is 0 Å². The van der Waals surface area contributed by atoms with Crippen molar-refractivity contribution < 1.29 is 24.2 Å². The zero-order chi connectivity index (χ0) is 18.4. The van der Waals surface area contributed by atoms with Crippen molar-refractivity contribution in [3.05, 3.63) is 29.8 Å². The Morgan fingerprint density at radius 2 is 1.64 bits per heavy atom. The average Bonchev–Trinajstić information content (AvgIpc) is 2.63. The van der Waals surface area contributed by atoms with Gasteiger partial charge in [0, 0.05) is 13.0 Å². The van der Waals surface area contributed by atoms with E-state index in [2.05, 4.69) is 5.32 Å². The maximum atomic E-state index is 12.5. The Labute approximate surface area is 148 Å². The Bertz CT molecular complexity index is 578. The van der Waals surface area contributed by atoms with E-state index >= 15 is 0 Å². The Morgan fingerprint density at radius 1 is 1.08 bits per heavy atom. The summed E-state index contributed by atoms with van der Waals surface area (Å²) in [7, 11) is 3.24.